The maximum absolute atomic E-state index is 11.7. The Morgan fingerprint density at radius 2 is 2.43 bits per heavy atom. The Labute approximate surface area is 85.1 Å². The average molecular weight is 200 g/mol. The number of carbonyl (C=O) groups is 1. The van der Waals surface area contributed by atoms with E-state index in [0.717, 1.165) is 19.4 Å². The number of amides is 1. The van der Waals surface area contributed by atoms with Crippen LogP contribution in [0.3, 0.4) is 0 Å². The highest BCUT2D eigenvalue weighted by Gasteiger charge is 2.29. The molecule has 0 aliphatic carbocycles. The van der Waals surface area contributed by atoms with Gasteiger partial charge in [0.05, 0.1) is 18.6 Å². The lowest BCUT2D eigenvalue weighted by Gasteiger charge is -2.19. The lowest BCUT2D eigenvalue weighted by atomic mass is 10.0. The van der Waals surface area contributed by atoms with Crippen LogP contribution in [0.5, 0.6) is 0 Å². The highest BCUT2D eigenvalue weighted by atomic mass is 16.3. The van der Waals surface area contributed by atoms with E-state index in [-0.39, 0.29) is 30.5 Å². The topological polar surface area (TPSA) is 61.4 Å². The lowest BCUT2D eigenvalue weighted by Crippen LogP contribution is -2.43. The normalized spacial score (nSPS) is 28.8. The number of aliphatic hydroxyl groups excluding tert-OH is 1. The fourth-order valence-corrected chi connectivity index (χ4v) is 1.80. The number of rotatable bonds is 4. The summed E-state index contributed by atoms with van der Waals surface area (Å²) in [6, 6.07) is 0.168. The summed E-state index contributed by atoms with van der Waals surface area (Å²) in [5, 5.41) is 15.0. The molecule has 4 nitrogen and oxygen atoms in total. The molecule has 0 bridgehead atoms. The molecule has 0 saturated carbocycles. The number of aliphatic hydroxyl groups is 1. The minimum Gasteiger partial charge on any atom is -0.394 e. The van der Waals surface area contributed by atoms with Crippen molar-refractivity contribution in [2.24, 2.45) is 5.92 Å². The van der Waals surface area contributed by atoms with E-state index in [9.17, 15) is 4.79 Å². The number of nitrogens with one attached hydrogen (secondary N) is 2. The van der Waals surface area contributed by atoms with Gasteiger partial charge < -0.3 is 15.7 Å². The molecule has 1 heterocycles. The molecule has 0 aromatic heterocycles. The fourth-order valence-electron chi connectivity index (χ4n) is 1.80. The SMILES string of the molecule is CC[C@H](CO)NC(=O)C1CCNC1C. The van der Waals surface area contributed by atoms with Gasteiger partial charge in [-0.1, -0.05) is 6.92 Å². The van der Waals surface area contributed by atoms with Crippen LogP contribution in [0.1, 0.15) is 26.7 Å². The van der Waals surface area contributed by atoms with Crippen molar-refractivity contribution >= 4 is 5.91 Å². The molecule has 1 fully saturated rings. The zero-order valence-corrected chi connectivity index (χ0v) is 8.92. The minimum absolute atomic E-state index is 0.0246. The van der Waals surface area contributed by atoms with E-state index >= 15 is 0 Å². The summed E-state index contributed by atoms with van der Waals surface area (Å²) >= 11 is 0. The summed E-state index contributed by atoms with van der Waals surface area (Å²) in [6.07, 6.45) is 1.67. The maximum atomic E-state index is 11.7. The first-order chi connectivity index (χ1) is 6.69. The number of hydrogen-bond donors (Lipinski definition) is 3. The van der Waals surface area contributed by atoms with Crippen LogP contribution in [0, 0.1) is 5.92 Å². The molecule has 0 radical (unpaired) electrons. The van der Waals surface area contributed by atoms with Crippen LogP contribution in [-0.2, 0) is 4.79 Å². The predicted molar refractivity (Wildman–Crippen MR) is 54.9 cm³/mol. The Hall–Kier alpha value is -0.610. The first kappa shape index (κ1) is 11.5. The third-order valence-electron chi connectivity index (χ3n) is 2.92. The molecule has 1 saturated heterocycles. The fraction of sp³-hybridized carbons (Fsp3) is 0.900. The zero-order valence-electron chi connectivity index (χ0n) is 8.92. The van der Waals surface area contributed by atoms with Gasteiger partial charge in [0.15, 0.2) is 0 Å². The standard InChI is InChI=1S/C10H20N2O2/c1-3-8(6-13)12-10(14)9-4-5-11-7(9)2/h7-9,11,13H,3-6H2,1-2H3,(H,12,14)/t7?,8-,9?/m1/s1. The molecule has 3 N–H and O–H groups in total. The zero-order chi connectivity index (χ0) is 10.6. The van der Waals surface area contributed by atoms with Crippen molar-refractivity contribution in [3.63, 3.8) is 0 Å². The van der Waals surface area contributed by atoms with Crippen molar-refractivity contribution in [3.8, 4) is 0 Å². The highest BCUT2D eigenvalue weighted by Crippen LogP contribution is 2.15. The molecule has 1 aliphatic heterocycles. The highest BCUT2D eigenvalue weighted by molar-refractivity contribution is 5.80. The van der Waals surface area contributed by atoms with E-state index in [2.05, 4.69) is 10.6 Å². The van der Waals surface area contributed by atoms with E-state index in [0.29, 0.717) is 0 Å². The molecule has 2 unspecified atom stereocenters. The molecule has 1 aliphatic rings. The van der Waals surface area contributed by atoms with Crippen LogP contribution < -0.4 is 10.6 Å². The van der Waals surface area contributed by atoms with Crippen LogP contribution in [-0.4, -0.2) is 36.2 Å². The first-order valence-electron chi connectivity index (χ1n) is 5.33. The summed E-state index contributed by atoms with van der Waals surface area (Å²) in [5.41, 5.74) is 0. The summed E-state index contributed by atoms with van der Waals surface area (Å²) < 4.78 is 0. The van der Waals surface area contributed by atoms with Gasteiger partial charge in [-0.15, -0.1) is 0 Å². The molecule has 4 heteroatoms. The van der Waals surface area contributed by atoms with E-state index in [1.54, 1.807) is 0 Å². The Morgan fingerprint density at radius 3 is 2.86 bits per heavy atom. The van der Waals surface area contributed by atoms with Gasteiger partial charge in [0.2, 0.25) is 5.91 Å². The van der Waals surface area contributed by atoms with Gasteiger partial charge in [0.25, 0.3) is 0 Å². The monoisotopic (exact) mass is 200 g/mol. The average Bonchev–Trinajstić information content (AvgIpc) is 2.60. The van der Waals surface area contributed by atoms with Crippen molar-refractivity contribution in [1.29, 1.82) is 0 Å². The van der Waals surface area contributed by atoms with Crippen molar-refractivity contribution < 1.29 is 9.90 Å². The second kappa shape index (κ2) is 5.32. The third-order valence-corrected chi connectivity index (χ3v) is 2.92. The smallest absolute Gasteiger partial charge is 0.225 e. The quantitative estimate of drug-likeness (QED) is 0.592. The van der Waals surface area contributed by atoms with E-state index in [1.807, 2.05) is 13.8 Å². The van der Waals surface area contributed by atoms with Crippen LogP contribution in [0.15, 0.2) is 0 Å². The van der Waals surface area contributed by atoms with E-state index < -0.39 is 0 Å². The van der Waals surface area contributed by atoms with Gasteiger partial charge in [-0.2, -0.15) is 0 Å². The molecule has 0 aromatic rings. The van der Waals surface area contributed by atoms with Crippen molar-refractivity contribution in [2.75, 3.05) is 13.2 Å². The number of hydrogen-bond acceptors (Lipinski definition) is 3. The van der Waals surface area contributed by atoms with Gasteiger partial charge in [-0.3, -0.25) is 4.79 Å². The Bertz CT molecular complexity index is 193. The van der Waals surface area contributed by atoms with Crippen molar-refractivity contribution in [3.05, 3.63) is 0 Å². The maximum Gasteiger partial charge on any atom is 0.225 e. The lowest BCUT2D eigenvalue weighted by molar-refractivity contribution is -0.126. The molecule has 3 atom stereocenters. The van der Waals surface area contributed by atoms with Gasteiger partial charge in [-0.25, -0.2) is 0 Å². The van der Waals surface area contributed by atoms with Crippen LogP contribution in [0.25, 0.3) is 0 Å². The molecule has 0 aromatic carbocycles. The second-order valence-corrected chi connectivity index (χ2v) is 3.93. The Morgan fingerprint density at radius 1 is 1.71 bits per heavy atom. The van der Waals surface area contributed by atoms with E-state index in [4.69, 9.17) is 5.11 Å². The molecule has 1 amide bonds. The Balaban J connectivity index is 2.40. The van der Waals surface area contributed by atoms with Crippen LogP contribution >= 0.6 is 0 Å². The summed E-state index contributed by atoms with van der Waals surface area (Å²) in [6.45, 7) is 4.92. The largest absolute Gasteiger partial charge is 0.394 e. The van der Waals surface area contributed by atoms with Gasteiger partial charge >= 0.3 is 0 Å². The number of carbonyl (C=O) groups excluding carboxylic acids is 1. The van der Waals surface area contributed by atoms with Gasteiger partial charge in [0, 0.05) is 6.04 Å². The van der Waals surface area contributed by atoms with Crippen molar-refractivity contribution in [1.82, 2.24) is 10.6 Å². The molecule has 14 heavy (non-hydrogen) atoms. The molecular formula is C10H20N2O2. The van der Waals surface area contributed by atoms with Gasteiger partial charge in [0.1, 0.15) is 0 Å². The second-order valence-electron chi connectivity index (χ2n) is 3.93. The summed E-state index contributed by atoms with van der Waals surface area (Å²) in [5.74, 6) is 0.138. The molecule has 82 valence electrons. The predicted octanol–water partition coefficient (Wildman–Crippen LogP) is -0.128. The minimum atomic E-state index is -0.0877. The molecular weight excluding hydrogens is 180 g/mol. The third kappa shape index (κ3) is 2.69. The molecule has 1 rings (SSSR count). The van der Waals surface area contributed by atoms with Gasteiger partial charge in [-0.05, 0) is 26.3 Å². The Kier molecular flexibility index (Phi) is 4.35. The first-order valence-corrected chi connectivity index (χ1v) is 5.33. The van der Waals surface area contributed by atoms with Crippen molar-refractivity contribution in [2.45, 2.75) is 38.8 Å². The summed E-state index contributed by atoms with van der Waals surface area (Å²) in [7, 11) is 0. The van der Waals surface area contributed by atoms with Crippen LogP contribution in [0.4, 0.5) is 0 Å². The molecule has 0 spiro atoms. The summed E-state index contributed by atoms with van der Waals surface area (Å²) in [4.78, 5) is 11.7. The van der Waals surface area contributed by atoms with Crippen LogP contribution in [0.2, 0.25) is 0 Å². The van der Waals surface area contributed by atoms with E-state index in [1.165, 1.54) is 0 Å².